The Morgan fingerprint density at radius 3 is 2.86 bits per heavy atom. The van der Waals surface area contributed by atoms with Crippen molar-refractivity contribution in [3.8, 4) is 0 Å². The summed E-state index contributed by atoms with van der Waals surface area (Å²) in [6, 6.07) is 5.25. The van der Waals surface area contributed by atoms with Crippen LogP contribution in [-0.4, -0.2) is 25.5 Å². The summed E-state index contributed by atoms with van der Waals surface area (Å²) in [5.41, 5.74) is -0.0659. The van der Waals surface area contributed by atoms with Crippen LogP contribution in [0.1, 0.15) is 30.4 Å². The third-order valence-corrected chi connectivity index (χ3v) is 3.91. The highest BCUT2D eigenvalue weighted by atomic mass is 19.4. The Balaban J connectivity index is 1.82. The topological polar surface area (TPSA) is 41.1 Å². The largest absolute Gasteiger partial charge is 0.416 e. The molecule has 1 aliphatic rings. The van der Waals surface area contributed by atoms with Gasteiger partial charge in [0.2, 0.25) is 5.91 Å². The van der Waals surface area contributed by atoms with E-state index in [0.717, 1.165) is 44.5 Å². The fraction of sp³-hybridized carbons (Fsp3) is 0.562. The van der Waals surface area contributed by atoms with Gasteiger partial charge < -0.3 is 10.6 Å². The maximum absolute atomic E-state index is 12.6. The van der Waals surface area contributed by atoms with Crippen LogP contribution in [0.3, 0.4) is 0 Å². The van der Waals surface area contributed by atoms with E-state index in [-0.39, 0.29) is 11.8 Å². The van der Waals surface area contributed by atoms with Gasteiger partial charge in [0.1, 0.15) is 0 Å². The number of amides is 1. The van der Waals surface area contributed by atoms with Gasteiger partial charge in [-0.15, -0.1) is 0 Å². The fourth-order valence-electron chi connectivity index (χ4n) is 2.66. The van der Waals surface area contributed by atoms with Crippen molar-refractivity contribution in [2.45, 2.75) is 31.9 Å². The number of carbonyl (C=O) groups excluding carboxylic acids is 1. The Morgan fingerprint density at radius 1 is 1.27 bits per heavy atom. The van der Waals surface area contributed by atoms with E-state index in [1.807, 2.05) is 0 Å². The zero-order valence-electron chi connectivity index (χ0n) is 12.4. The minimum absolute atomic E-state index is 0.00989. The minimum Gasteiger partial charge on any atom is -0.356 e. The molecular formula is C16H21F3N2O. The van der Waals surface area contributed by atoms with Gasteiger partial charge in [0.05, 0.1) is 5.56 Å². The first-order valence-electron chi connectivity index (χ1n) is 7.61. The second kappa shape index (κ2) is 7.63. The lowest BCUT2D eigenvalue weighted by molar-refractivity contribution is -0.137. The molecule has 0 aliphatic carbocycles. The Labute approximate surface area is 128 Å². The number of carbonyl (C=O) groups is 1. The maximum Gasteiger partial charge on any atom is 0.416 e. The SMILES string of the molecule is O=C(NCCc1cccc(C(F)(F)F)c1)C1CCCNCC1. The lowest BCUT2D eigenvalue weighted by Crippen LogP contribution is -2.32. The van der Waals surface area contributed by atoms with Crippen molar-refractivity contribution < 1.29 is 18.0 Å². The van der Waals surface area contributed by atoms with Gasteiger partial charge in [-0.1, -0.05) is 18.2 Å². The van der Waals surface area contributed by atoms with Gasteiger partial charge in [0.25, 0.3) is 0 Å². The molecule has 1 unspecified atom stereocenters. The number of halogens is 3. The van der Waals surface area contributed by atoms with Gasteiger partial charge in [-0.25, -0.2) is 0 Å². The van der Waals surface area contributed by atoms with E-state index >= 15 is 0 Å². The summed E-state index contributed by atoms with van der Waals surface area (Å²) in [6.07, 6.45) is -1.27. The van der Waals surface area contributed by atoms with Crippen LogP contribution in [0.4, 0.5) is 13.2 Å². The van der Waals surface area contributed by atoms with Crippen molar-refractivity contribution in [2.75, 3.05) is 19.6 Å². The van der Waals surface area contributed by atoms with E-state index in [2.05, 4.69) is 10.6 Å². The highest BCUT2D eigenvalue weighted by molar-refractivity contribution is 5.78. The standard InChI is InChI=1S/C16H21F3N2O/c17-16(18,19)14-5-1-3-12(11-14)6-10-21-15(22)13-4-2-8-20-9-7-13/h1,3,5,11,13,20H,2,4,6-10H2,(H,21,22). The van der Waals surface area contributed by atoms with Crippen LogP contribution in [0.25, 0.3) is 0 Å². The van der Waals surface area contributed by atoms with Crippen LogP contribution in [0.2, 0.25) is 0 Å². The van der Waals surface area contributed by atoms with Crippen LogP contribution in [0.5, 0.6) is 0 Å². The smallest absolute Gasteiger partial charge is 0.356 e. The molecule has 0 aromatic heterocycles. The summed E-state index contributed by atoms with van der Waals surface area (Å²) in [4.78, 5) is 12.0. The van der Waals surface area contributed by atoms with Crippen LogP contribution in [-0.2, 0) is 17.4 Å². The first-order chi connectivity index (χ1) is 10.5. The second-order valence-electron chi connectivity index (χ2n) is 5.62. The van der Waals surface area contributed by atoms with E-state index in [9.17, 15) is 18.0 Å². The Kier molecular flexibility index (Phi) is 5.83. The monoisotopic (exact) mass is 314 g/mol. The van der Waals surface area contributed by atoms with Crippen LogP contribution in [0.15, 0.2) is 24.3 Å². The zero-order chi connectivity index (χ0) is 16.0. The molecule has 2 N–H and O–H groups in total. The van der Waals surface area contributed by atoms with Crippen molar-refractivity contribution >= 4 is 5.91 Å². The van der Waals surface area contributed by atoms with E-state index < -0.39 is 11.7 Å². The average Bonchev–Trinajstić information content (AvgIpc) is 2.76. The van der Waals surface area contributed by atoms with Crippen LogP contribution >= 0.6 is 0 Å². The molecule has 1 fully saturated rings. The first-order valence-corrected chi connectivity index (χ1v) is 7.61. The van der Waals surface area contributed by atoms with Crippen molar-refractivity contribution in [3.63, 3.8) is 0 Å². The van der Waals surface area contributed by atoms with Crippen LogP contribution < -0.4 is 10.6 Å². The summed E-state index contributed by atoms with van der Waals surface area (Å²) >= 11 is 0. The van der Waals surface area contributed by atoms with E-state index in [1.54, 1.807) is 6.07 Å². The minimum atomic E-state index is -4.33. The molecule has 0 bridgehead atoms. The average molecular weight is 314 g/mol. The molecule has 0 spiro atoms. The lowest BCUT2D eigenvalue weighted by Gasteiger charge is -2.14. The molecule has 1 amide bonds. The third-order valence-electron chi connectivity index (χ3n) is 3.91. The number of hydrogen-bond donors (Lipinski definition) is 2. The summed E-state index contributed by atoms with van der Waals surface area (Å²) in [5.74, 6) is 0.0205. The summed E-state index contributed by atoms with van der Waals surface area (Å²) < 4.78 is 37.9. The number of nitrogens with one attached hydrogen (secondary N) is 2. The molecular weight excluding hydrogens is 293 g/mol. The van der Waals surface area contributed by atoms with Crippen molar-refractivity contribution in [3.05, 3.63) is 35.4 Å². The van der Waals surface area contributed by atoms with Crippen molar-refractivity contribution in [2.24, 2.45) is 5.92 Å². The molecule has 1 aromatic rings. The molecule has 1 aromatic carbocycles. The van der Waals surface area contributed by atoms with Crippen molar-refractivity contribution in [1.29, 1.82) is 0 Å². The predicted octanol–water partition coefficient (Wildman–Crippen LogP) is 2.75. The number of hydrogen-bond acceptors (Lipinski definition) is 2. The molecule has 3 nitrogen and oxygen atoms in total. The predicted molar refractivity (Wildman–Crippen MR) is 78.4 cm³/mol. The molecule has 1 aliphatic heterocycles. The third kappa shape index (κ3) is 5.02. The molecule has 1 atom stereocenters. The Hall–Kier alpha value is -1.56. The molecule has 2 rings (SSSR count). The highest BCUT2D eigenvalue weighted by Gasteiger charge is 2.30. The highest BCUT2D eigenvalue weighted by Crippen LogP contribution is 2.29. The van der Waals surface area contributed by atoms with Gasteiger partial charge >= 0.3 is 6.18 Å². The summed E-state index contributed by atoms with van der Waals surface area (Å²) in [6.45, 7) is 2.14. The lowest BCUT2D eigenvalue weighted by atomic mass is 9.99. The molecule has 22 heavy (non-hydrogen) atoms. The summed E-state index contributed by atoms with van der Waals surface area (Å²) in [7, 11) is 0. The normalized spacial score (nSPS) is 19.5. The quantitative estimate of drug-likeness (QED) is 0.897. The van der Waals surface area contributed by atoms with E-state index in [4.69, 9.17) is 0 Å². The zero-order valence-corrected chi connectivity index (χ0v) is 12.4. The molecule has 6 heteroatoms. The molecule has 0 saturated carbocycles. The molecule has 122 valence electrons. The summed E-state index contributed by atoms with van der Waals surface area (Å²) in [5, 5.41) is 6.09. The number of benzene rings is 1. The molecule has 0 radical (unpaired) electrons. The van der Waals surface area contributed by atoms with Gasteiger partial charge in [-0.05, 0) is 50.4 Å². The van der Waals surface area contributed by atoms with Gasteiger partial charge in [-0.3, -0.25) is 4.79 Å². The fourth-order valence-corrected chi connectivity index (χ4v) is 2.66. The van der Waals surface area contributed by atoms with Gasteiger partial charge in [0.15, 0.2) is 0 Å². The van der Waals surface area contributed by atoms with E-state index in [0.29, 0.717) is 18.5 Å². The van der Waals surface area contributed by atoms with Crippen LogP contribution in [0, 0.1) is 5.92 Å². The number of rotatable bonds is 4. The van der Waals surface area contributed by atoms with Gasteiger partial charge in [0, 0.05) is 12.5 Å². The maximum atomic E-state index is 12.6. The molecule has 1 saturated heterocycles. The first kappa shape index (κ1) is 16.8. The van der Waals surface area contributed by atoms with Crippen molar-refractivity contribution in [1.82, 2.24) is 10.6 Å². The Morgan fingerprint density at radius 2 is 2.09 bits per heavy atom. The van der Waals surface area contributed by atoms with Gasteiger partial charge in [-0.2, -0.15) is 13.2 Å². The van der Waals surface area contributed by atoms with E-state index in [1.165, 1.54) is 6.07 Å². The Bertz CT molecular complexity index is 494. The molecule has 1 heterocycles. The number of alkyl halides is 3. The second-order valence-corrected chi connectivity index (χ2v) is 5.62.